The molecule has 0 saturated heterocycles. The lowest BCUT2D eigenvalue weighted by Crippen LogP contribution is -2.57. The summed E-state index contributed by atoms with van der Waals surface area (Å²) in [4.78, 5) is 61.0. The number of nitrogens with one attached hydrogen (secondary N) is 5. The number of hydrogen-bond acceptors (Lipinski definition) is 7. The van der Waals surface area contributed by atoms with Crippen molar-refractivity contribution in [1.29, 1.82) is 0 Å². The molecule has 12 heteroatoms. The van der Waals surface area contributed by atoms with E-state index in [1.165, 1.54) is 6.33 Å². The van der Waals surface area contributed by atoms with Gasteiger partial charge >= 0.3 is 6.09 Å². The van der Waals surface area contributed by atoms with Crippen LogP contribution >= 0.6 is 0 Å². The van der Waals surface area contributed by atoms with Gasteiger partial charge in [0.1, 0.15) is 18.7 Å². The average Bonchev–Trinajstić information content (AvgIpc) is 3.65. The number of aromatic nitrogens is 2. The number of hydrogen-bond donors (Lipinski definition) is 6. The fourth-order valence-corrected chi connectivity index (χ4v) is 5.84. The first-order valence-corrected chi connectivity index (χ1v) is 18.0. The summed E-state index contributed by atoms with van der Waals surface area (Å²) in [6.45, 7) is 8.49. The second-order valence-corrected chi connectivity index (χ2v) is 13.8. The highest BCUT2D eigenvalue weighted by molar-refractivity contribution is 5.93. The zero-order valence-corrected chi connectivity index (χ0v) is 30.4. The van der Waals surface area contributed by atoms with Gasteiger partial charge in [0.25, 0.3) is 0 Å². The summed E-state index contributed by atoms with van der Waals surface area (Å²) in [7, 11) is 0. The van der Waals surface area contributed by atoms with Crippen LogP contribution in [-0.2, 0) is 38.6 Å². The smallest absolute Gasteiger partial charge is 0.408 e. The molecule has 1 aromatic heterocycles. The molecule has 4 rings (SSSR count). The number of aliphatic hydroxyl groups excluding tert-OH is 1. The number of carbonyl (C=O) groups excluding carboxylic acids is 4. The largest absolute Gasteiger partial charge is 0.445 e. The highest BCUT2D eigenvalue weighted by atomic mass is 16.5. The number of amides is 4. The number of aliphatic hydroxyl groups is 1. The monoisotopic (exact) mass is 712 g/mol. The third-order valence-corrected chi connectivity index (χ3v) is 8.98. The molecule has 0 radical (unpaired) electrons. The Morgan fingerprint density at radius 2 is 1.54 bits per heavy atom. The quantitative estimate of drug-likeness (QED) is 0.0826. The molecule has 52 heavy (non-hydrogen) atoms. The number of nitrogens with zero attached hydrogens (tertiary/aromatic N) is 1. The van der Waals surface area contributed by atoms with E-state index < -0.39 is 42.1 Å². The molecule has 0 aliphatic heterocycles. The van der Waals surface area contributed by atoms with Crippen molar-refractivity contribution in [3.63, 3.8) is 0 Å². The van der Waals surface area contributed by atoms with Gasteiger partial charge in [0, 0.05) is 25.6 Å². The fourth-order valence-electron chi connectivity index (χ4n) is 5.84. The van der Waals surface area contributed by atoms with E-state index in [4.69, 9.17) is 4.74 Å². The molecule has 0 fully saturated rings. The normalized spacial score (nSPS) is 14.1. The first kappa shape index (κ1) is 39.6. The molecule has 0 aliphatic carbocycles. The summed E-state index contributed by atoms with van der Waals surface area (Å²) < 4.78 is 5.47. The minimum atomic E-state index is -1.16. The first-order valence-electron chi connectivity index (χ1n) is 18.0. The van der Waals surface area contributed by atoms with Crippen LogP contribution in [0.1, 0.15) is 63.8 Å². The molecule has 0 aliphatic rings. The summed E-state index contributed by atoms with van der Waals surface area (Å²) in [5, 5.41) is 24.4. The minimum Gasteiger partial charge on any atom is -0.445 e. The third kappa shape index (κ3) is 12.5. The van der Waals surface area contributed by atoms with Gasteiger partial charge in [-0.1, -0.05) is 107 Å². The van der Waals surface area contributed by atoms with E-state index in [1.54, 1.807) is 6.20 Å². The van der Waals surface area contributed by atoms with Crippen molar-refractivity contribution in [1.82, 2.24) is 31.2 Å². The summed E-state index contributed by atoms with van der Waals surface area (Å²) in [6.07, 6.45) is 2.41. The standard InChI is InChI=1S/C40H52N6O6/c1-5-27(4)22-42-37(48)21-36(47)33(18-26(2)3)44-39(50)35(20-31-23-41-25-43-31)45-38(49)34(46-40(51)52-24-28-12-7-6-8-13-28)19-30-16-11-15-29-14-9-10-17-32(29)30/h6-17,23,25-27,33-36,47H,5,18-22,24H2,1-4H3,(H,41,43)(H,42,48)(H,44,50)(H,45,49)(H,46,51)/t27-,33?,34-,35-,36?/m0/s1. The Hall–Kier alpha value is -5.23. The van der Waals surface area contributed by atoms with Gasteiger partial charge < -0.3 is 36.1 Å². The van der Waals surface area contributed by atoms with Gasteiger partial charge in [0.05, 0.1) is 30.6 Å². The molecule has 0 spiro atoms. The highest BCUT2D eigenvalue weighted by Crippen LogP contribution is 2.20. The number of rotatable bonds is 19. The fraction of sp³-hybridized carbons (Fsp3) is 0.425. The number of alkyl carbamates (subject to hydrolysis) is 1. The lowest BCUT2D eigenvalue weighted by molar-refractivity contribution is -0.131. The predicted octanol–water partition coefficient (Wildman–Crippen LogP) is 4.57. The average molecular weight is 713 g/mol. The number of fused-ring (bicyclic) bond motifs is 1. The lowest BCUT2D eigenvalue weighted by Gasteiger charge is -2.29. The topological polar surface area (TPSA) is 175 Å². The number of benzene rings is 3. The van der Waals surface area contributed by atoms with Crippen LogP contribution in [0.25, 0.3) is 10.8 Å². The zero-order chi connectivity index (χ0) is 37.5. The second kappa shape index (κ2) is 20.0. The van der Waals surface area contributed by atoms with Crippen molar-refractivity contribution in [3.8, 4) is 0 Å². The van der Waals surface area contributed by atoms with E-state index in [1.807, 2.05) is 100 Å². The molecule has 3 aromatic carbocycles. The maximum atomic E-state index is 14.1. The van der Waals surface area contributed by atoms with E-state index in [-0.39, 0.29) is 37.7 Å². The van der Waals surface area contributed by atoms with Gasteiger partial charge in [-0.3, -0.25) is 14.4 Å². The van der Waals surface area contributed by atoms with E-state index in [0.717, 1.165) is 28.3 Å². The van der Waals surface area contributed by atoms with Gasteiger partial charge in [-0.2, -0.15) is 0 Å². The summed E-state index contributed by atoms with van der Waals surface area (Å²) >= 11 is 0. The third-order valence-electron chi connectivity index (χ3n) is 8.98. The summed E-state index contributed by atoms with van der Waals surface area (Å²) in [5.74, 6) is -1.09. The molecule has 0 saturated carbocycles. The highest BCUT2D eigenvalue weighted by Gasteiger charge is 2.32. The minimum absolute atomic E-state index is 0.00862. The van der Waals surface area contributed by atoms with Gasteiger partial charge in [0.2, 0.25) is 17.7 Å². The summed E-state index contributed by atoms with van der Waals surface area (Å²) in [5.41, 5.74) is 2.13. The van der Waals surface area contributed by atoms with Crippen molar-refractivity contribution in [2.45, 2.75) is 90.6 Å². The molecule has 0 bridgehead atoms. The number of aromatic amines is 1. The van der Waals surface area contributed by atoms with E-state index in [0.29, 0.717) is 24.6 Å². The van der Waals surface area contributed by atoms with Crippen molar-refractivity contribution >= 4 is 34.6 Å². The van der Waals surface area contributed by atoms with Crippen molar-refractivity contribution in [2.75, 3.05) is 6.54 Å². The Balaban J connectivity index is 1.54. The Labute approximate surface area is 305 Å². The van der Waals surface area contributed by atoms with Crippen LogP contribution in [0.3, 0.4) is 0 Å². The van der Waals surface area contributed by atoms with Gasteiger partial charge in [-0.15, -0.1) is 0 Å². The Bertz CT molecular complexity index is 1730. The lowest BCUT2D eigenvalue weighted by atomic mass is 9.96. The molecule has 6 N–H and O–H groups in total. The van der Waals surface area contributed by atoms with Crippen LogP contribution in [0.4, 0.5) is 4.79 Å². The Morgan fingerprint density at radius 1 is 0.846 bits per heavy atom. The summed E-state index contributed by atoms with van der Waals surface area (Å²) in [6, 6.07) is 19.7. The van der Waals surface area contributed by atoms with E-state index in [2.05, 4.69) is 31.2 Å². The molecular weight excluding hydrogens is 660 g/mol. The van der Waals surface area contributed by atoms with Crippen LogP contribution in [0.15, 0.2) is 85.3 Å². The van der Waals surface area contributed by atoms with E-state index in [9.17, 15) is 24.3 Å². The Morgan fingerprint density at radius 3 is 2.25 bits per heavy atom. The van der Waals surface area contributed by atoms with Gasteiger partial charge in [-0.25, -0.2) is 9.78 Å². The maximum absolute atomic E-state index is 14.1. The first-order chi connectivity index (χ1) is 25.0. The van der Waals surface area contributed by atoms with Crippen LogP contribution in [0.5, 0.6) is 0 Å². The van der Waals surface area contributed by atoms with Crippen LogP contribution in [0.2, 0.25) is 0 Å². The van der Waals surface area contributed by atoms with Gasteiger partial charge in [-0.05, 0) is 40.2 Å². The van der Waals surface area contributed by atoms with Crippen molar-refractivity contribution < 1.29 is 29.0 Å². The molecular formula is C40H52N6O6. The van der Waals surface area contributed by atoms with Crippen molar-refractivity contribution in [2.24, 2.45) is 11.8 Å². The maximum Gasteiger partial charge on any atom is 0.408 e. The molecule has 1 heterocycles. The SMILES string of the molecule is CC[C@H](C)CNC(=O)CC(O)C(CC(C)C)NC(=O)[C@H](Cc1c[nH]cn1)NC(=O)[C@H](Cc1cccc2ccccc12)NC(=O)OCc1ccccc1. The second-order valence-electron chi connectivity index (χ2n) is 13.8. The molecule has 4 aromatic rings. The van der Waals surface area contributed by atoms with Crippen LogP contribution in [-0.4, -0.2) is 69.7 Å². The van der Waals surface area contributed by atoms with Gasteiger partial charge in [0.15, 0.2) is 0 Å². The number of ether oxygens (including phenoxy) is 1. The number of imidazole rings is 1. The molecule has 278 valence electrons. The van der Waals surface area contributed by atoms with Crippen molar-refractivity contribution in [3.05, 3.63) is 102 Å². The van der Waals surface area contributed by atoms with E-state index >= 15 is 0 Å². The molecule has 4 amide bonds. The van der Waals surface area contributed by atoms with Crippen LogP contribution in [0, 0.1) is 11.8 Å². The molecule has 5 atom stereocenters. The number of carbonyl (C=O) groups is 4. The predicted molar refractivity (Wildman–Crippen MR) is 200 cm³/mol. The zero-order valence-electron chi connectivity index (χ0n) is 30.4. The number of H-pyrrole nitrogens is 1. The molecule has 2 unspecified atom stereocenters. The van der Waals surface area contributed by atoms with Crippen LogP contribution < -0.4 is 21.3 Å². The molecule has 12 nitrogen and oxygen atoms in total. The Kier molecular flexibility index (Phi) is 15.2.